The molecule has 0 spiro atoms. The standard InChI is InChI=1S/C3H5Cl3OSi/c4-1-2-8-7-3(5)6/h3H,1-2H2. The molecule has 0 fully saturated rings. The summed E-state index contributed by atoms with van der Waals surface area (Å²) in [6.07, 6.45) is 0. The van der Waals surface area contributed by atoms with Crippen molar-refractivity contribution in [1.82, 2.24) is 0 Å². The molecule has 0 aromatic rings. The Morgan fingerprint density at radius 3 is 2.50 bits per heavy atom. The van der Waals surface area contributed by atoms with E-state index < -0.39 is 5.02 Å². The van der Waals surface area contributed by atoms with Crippen LogP contribution in [0.1, 0.15) is 0 Å². The van der Waals surface area contributed by atoms with Crippen molar-refractivity contribution in [3.8, 4) is 0 Å². The van der Waals surface area contributed by atoms with Crippen LogP contribution >= 0.6 is 34.8 Å². The zero-order valence-electron chi connectivity index (χ0n) is 4.03. The van der Waals surface area contributed by atoms with E-state index >= 15 is 0 Å². The van der Waals surface area contributed by atoms with Gasteiger partial charge in [-0.15, -0.1) is 11.6 Å². The summed E-state index contributed by atoms with van der Waals surface area (Å²) in [5.41, 5.74) is 0. The molecule has 1 nitrogen and oxygen atoms in total. The fraction of sp³-hybridized carbons (Fsp3) is 1.00. The quantitative estimate of drug-likeness (QED) is 0.375. The van der Waals surface area contributed by atoms with Gasteiger partial charge in [0, 0.05) is 5.88 Å². The first-order chi connectivity index (χ1) is 3.77. The summed E-state index contributed by atoms with van der Waals surface area (Å²) in [5, 5.41) is -0.698. The van der Waals surface area contributed by atoms with Crippen molar-refractivity contribution in [1.29, 1.82) is 0 Å². The zero-order valence-corrected chi connectivity index (χ0v) is 7.30. The average Bonchev–Trinajstić information content (AvgIpc) is 1.66. The van der Waals surface area contributed by atoms with Gasteiger partial charge in [0.1, 0.15) is 0 Å². The molecule has 0 atom stereocenters. The second-order valence-corrected chi connectivity index (χ2v) is 3.38. The normalized spacial score (nSPS) is 10.5. The molecular weight excluding hydrogens is 186 g/mol. The van der Waals surface area contributed by atoms with E-state index in [-0.39, 0.29) is 0 Å². The Balaban J connectivity index is 2.72. The van der Waals surface area contributed by atoms with Gasteiger partial charge in [0.15, 0.2) is 5.02 Å². The van der Waals surface area contributed by atoms with Crippen molar-refractivity contribution >= 4 is 44.6 Å². The minimum Gasteiger partial charge on any atom is -0.390 e. The predicted octanol–water partition coefficient (Wildman–Crippen LogP) is 2.04. The molecule has 0 aromatic carbocycles. The number of hydrogen-bond acceptors (Lipinski definition) is 1. The Bertz CT molecular complexity index is 51.8. The van der Waals surface area contributed by atoms with Crippen LogP contribution in [0.2, 0.25) is 6.04 Å². The summed E-state index contributed by atoms with van der Waals surface area (Å²) in [7, 11) is 0.317. The summed E-state index contributed by atoms with van der Waals surface area (Å²) < 4.78 is 4.76. The summed E-state index contributed by atoms with van der Waals surface area (Å²) in [6.45, 7) is 0. The maximum Gasteiger partial charge on any atom is 0.234 e. The van der Waals surface area contributed by atoms with Crippen LogP contribution in [0, 0.1) is 0 Å². The van der Waals surface area contributed by atoms with Crippen molar-refractivity contribution in [2.75, 3.05) is 5.88 Å². The Morgan fingerprint density at radius 1 is 1.50 bits per heavy atom. The lowest BCUT2D eigenvalue weighted by molar-refractivity contribution is 0.376. The molecule has 0 aliphatic heterocycles. The number of hydrogen-bond donors (Lipinski definition) is 0. The number of alkyl halides is 3. The van der Waals surface area contributed by atoms with Gasteiger partial charge in [-0.3, -0.25) is 0 Å². The minimum absolute atomic E-state index is 0.317. The van der Waals surface area contributed by atoms with Crippen LogP contribution in [-0.4, -0.2) is 20.7 Å². The molecule has 0 bridgehead atoms. The van der Waals surface area contributed by atoms with E-state index in [1.54, 1.807) is 0 Å². The van der Waals surface area contributed by atoms with Crippen LogP contribution in [0.15, 0.2) is 0 Å². The van der Waals surface area contributed by atoms with E-state index in [4.69, 9.17) is 39.2 Å². The fourth-order valence-corrected chi connectivity index (χ4v) is 1.09. The molecule has 0 aliphatic carbocycles. The first-order valence-corrected chi connectivity index (χ1v) is 4.52. The van der Waals surface area contributed by atoms with Gasteiger partial charge < -0.3 is 4.43 Å². The third kappa shape index (κ3) is 7.05. The molecule has 48 valence electrons. The Morgan fingerprint density at radius 2 is 2.12 bits per heavy atom. The molecule has 0 heterocycles. The van der Waals surface area contributed by atoms with Gasteiger partial charge >= 0.3 is 0 Å². The molecule has 0 saturated carbocycles. The Hall–Kier alpha value is 1.05. The van der Waals surface area contributed by atoms with Crippen molar-refractivity contribution in [2.24, 2.45) is 0 Å². The maximum atomic E-state index is 5.33. The number of rotatable bonds is 4. The van der Waals surface area contributed by atoms with Gasteiger partial charge in [-0.2, -0.15) is 0 Å². The van der Waals surface area contributed by atoms with Crippen molar-refractivity contribution in [3.05, 3.63) is 0 Å². The second-order valence-electron chi connectivity index (χ2n) is 0.962. The average molecular weight is 192 g/mol. The molecular formula is C3H5Cl3OSi. The van der Waals surface area contributed by atoms with E-state index in [0.717, 1.165) is 6.04 Å². The molecule has 8 heavy (non-hydrogen) atoms. The zero-order chi connectivity index (χ0) is 6.41. The first-order valence-electron chi connectivity index (χ1n) is 2.00. The van der Waals surface area contributed by atoms with Crippen LogP contribution in [0.25, 0.3) is 0 Å². The predicted molar refractivity (Wildman–Crippen MR) is 37.9 cm³/mol. The third-order valence-corrected chi connectivity index (χ3v) is 2.21. The first kappa shape index (κ1) is 9.05. The molecule has 0 aromatic heterocycles. The Labute approximate surface area is 66.2 Å². The highest BCUT2D eigenvalue weighted by Crippen LogP contribution is 2.02. The molecule has 0 unspecified atom stereocenters. The van der Waals surface area contributed by atoms with Gasteiger partial charge in [-0.25, -0.2) is 0 Å². The molecule has 0 saturated heterocycles. The summed E-state index contributed by atoms with van der Waals surface area (Å²) in [6, 6.07) is 0.817. The second kappa shape index (κ2) is 6.17. The molecule has 5 heteroatoms. The van der Waals surface area contributed by atoms with Gasteiger partial charge in [0.05, 0.1) is 0 Å². The van der Waals surface area contributed by atoms with Gasteiger partial charge in [-0.1, -0.05) is 23.2 Å². The summed E-state index contributed by atoms with van der Waals surface area (Å²) >= 11 is 15.8. The molecule has 0 N–H and O–H groups in total. The molecule has 0 aliphatic rings. The highest BCUT2D eigenvalue weighted by atomic mass is 35.5. The highest BCUT2D eigenvalue weighted by Gasteiger charge is 1.96. The van der Waals surface area contributed by atoms with E-state index in [9.17, 15) is 0 Å². The lowest BCUT2D eigenvalue weighted by Crippen LogP contribution is -2.02. The monoisotopic (exact) mass is 190 g/mol. The summed E-state index contributed by atoms with van der Waals surface area (Å²) in [4.78, 5) is 0. The van der Waals surface area contributed by atoms with E-state index in [1.807, 2.05) is 0 Å². The van der Waals surface area contributed by atoms with Gasteiger partial charge in [-0.05, 0) is 6.04 Å². The molecule has 0 amide bonds. The lowest BCUT2D eigenvalue weighted by Gasteiger charge is -1.98. The summed E-state index contributed by atoms with van der Waals surface area (Å²) in [5.74, 6) is 0.596. The van der Waals surface area contributed by atoms with Gasteiger partial charge in [0.2, 0.25) is 9.76 Å². The highest BCUT2D eigenvalue weighted by molar-refractivity contribution is 6.45. The van der Waals surface area contributed by atoms with E-state index in [2.05, 4.69) is 0 Å². The van der Waals surface area contributed by atoms with Crippen LogP contribution in [0.5, 0.6) is 0 Å². The van der Waals surface area contributed by atoms with E-state index in [1.165, 1.54) is 0 Å². The molecule has 2 radical (unpaired) electrons. The topological polar surface area (TPSA) is 9.23 Å². The van der Waals surface area contributed by atoms with Crippen LogP contribution < -0.4 is 0 Å². The Kier molecular flexibility index (Phi) is 6.98. The third-order valence-electron chi connectivity index (χ3n) is 0.369. The lowest BCUT2D eigenvalue weighted by atomic mass is 11.0. The van der Waals surface area contributed by atoms with Crippen LogP contribution in [-0.2, 0) is 4.43 Å². The van der Waals surface area contributed by atoms with Crippen molar-refractivity contribution in [2.45, 2.75) is 11.1 Å². The SMILES string of the molecule is ClCC[Si]OC(Cl)Cl. The van der Waals surface area contributed by atoms with Crippen LogP contribution in [0.3, 0.4) is 0 Å². The van der Waals surface area contributed by atoms with Gasteiger partial charge in [0.25, 0.3) is 0 Å². The molecule has 0 rings (SSSR count). The maximum absolute atomic E-state index is 5.33. The van der Waals surface area contributed by atoms with Crippen molar-refractivity contribution < 1.29 is 4.43 Å². The number of halogens is 3. The smallest absolute Gasteiger partial charge is 0.234 e. The van der Waals surface area contributed by atoms with Crippen molar-refractivity contribution in [3.63, 3.8) is 0 Å². The largest absolute Gasteiger partial charge is 0.390 e. The minimum atomic E-state index is -0.698. The fourth-order valence-electron chi connectivity index (χ4n) is 0.160. The van der Waals surface area contributed by atoms with Crippen LogP contribution in [0.4, 0.5) is 0 Å². The van der Waals surface area contributed by atoms with E-state index in [0.29, 0.717) is 15.6 Å².